The minimum atomic E-state index is 0.524. The van der Waals surface area contributed by atoms with E-state index in [-0.39, 0.29) is 0 Å². The molecule has 0 saturated heterocycles. The van der Waals surface area contributed by atoms with Gasteiger partial charge in [0.1, 0.15) is 11.6 Å². The van der Waals surface area contributed by atoms with Crippen molar-refractivity contribution >= 4 is 5.82 Å². The summed E-state index contributed by atoms with van der Waals surface area (Å²) in [5.41, 5.74) is 6.95. The highest BCUT2D eigenvalue weighted by molar-refractivity contribution is 5.25. The maximum Gasteiger partial charge on any atom is 0.144 e. The summed E-state index contributed by atoms with van der Waals surface area (Å²) < 4.78 is 0. The molecule has 2 aromatic rings. The average molecular weight is 242 g/mol. The number of hydrogen-bond donors (Lipinski definition) is 1. The molecule has 0 atom stereocenters. The molecule has 2 N–H and O–H groups in total. The first-order valence-corrected chi connectivity index (χ1v) is 6.11. The summed E-state index contributed by atoms with van der Waals surface area (Å²) in [6, 6.07) is 12.1. The van der Waals surface area contributed by atoms with Crippen molar-refractivity contribution in [2.24, 2.45) is 0 Å². The molecule has 1 aromatic heterocycles. The fraction of sp³-hybridized carbons (Fsp3) is 0.286. The zero-order valence-corrected chi connectivity index (χ0v) is 10.6. The molecule has 94 valence electrons. The molecule has 0 aliphatic heterocycles. The van der Waals surface area contributed by atoms with Gasteiger partial charge in [-0.3, -0.25) is 4.90 Å². The predicted octanol–water partition coefficient (Wildman–Crippen LogP) is 2.08. The summed E-state index contributed by atoms with van der Waals surface area (Å²) in [6.07, 6.45) is 1.70. The van der Waals surface area contributed by atoms with Crippen molar-refractivity contribution in [3.05, 3.63) is 54.0 Å². The van der Waals surface area contributed by atoms with E-state index in [1.54, 1.807) is 12.3 Å². The Labute approximate surface area is 107 Å². The Morgan fingerprint density at radius 2 is 1.89 bits per heavy atom. The zero-order chi connectivity index (χ0) is 12.8. The lowest BCUT2D eigenvalue weighted by Gasteiger charge is -2.19. The number of nitrogens with zero attached hydrogens (tertiary/aromatic N) is 3. The monoisotopic (exact) mass is 242 g/mol. The third-order valence-corrected chi connectivity index (χ3v) is 2.79. The van der Waals surface area contributed by atoms with Crippen LogP contribution in [0.4, 0.5) is 5.82 Å². The highest BCUT2D eigenvalue weighted by Crippen LogP contribution is 2.07. The minimum Gasteiger partial charge on any atom is -0.384 e. The Morgan fingerprint density at radius 3 is 2.56 bits per heavy atom. The Balaban J connectivity index is 2.01. The number of benzene rings is 1. The van der Waals surface area contributed by atoms with Crippen LogP contribution in [0.1, 0.15) is 18.3 Å². The van der Waals surface area contributed by atoms with E-state index in [4.69, 9.17) is 5.73 Å². The second kappa shape index (κ2) is 6.12. The third-order valence-electron chi connectivity index (χ3n) is 2.79. The van der Waals surface area contributed by atoms with Crippen LogP contribution in [-0.2, 0) is 13.1 Å². The first-order chi connectivity index (χ1) is 8.78. The van der Waals surface area contributed by atoms with Gasteiger partial charge in [0.25, 0.3) is 0 Å². The fourth-order valence-corrected chi connectivity index (χ4v) is 1.81. The van der Waals surface area contributed by atoms with Crippen molar-refractivity contribution in [3.8, 4) is 0 Å². The van der Waals surface area contributed by atoms with Crippen molar-refractivity contribution in [2.45, 2.75) is 20.0 Å². The molecular formula is C14H18N4. The Morgan fingerprint density at radius 1 is 1.11 bits per heavy atom. The number of nitrogens with two attached hydrogens (primary N) is 1. The van der Waals surface area contributed by atoms with Crippen LogP contribution < -0.4 is 5.73 Å². The SMILES string of the molecule is CCN(Cc1ccccc1)Cc1nccc(N)n1. The van der Waals surface area contributed by atoms with E-state index in [1.165, 1.54) is 5.56 Å². The Bertz CT molecular complexity index is 484. The molecule has 0 fully saturated rings. The highest BCUT2D eigenvalue weighted by atomic mass is 15.1. The Kier molecular flexibility index (Phi) is 4.25. The molecule has 1 aromatic carbocycles. The average Bonchev–Trinajstić information content (AvgIpc) is 2.39. The number of aromatic nitrogens is 2. The van der Waals surface area contributed by atoms with E-state index in [0.717, 1.165) is 25.5 Å². The lowest BCUT2D eigenvalue weighted by Crippen LogP contribution is -2.23. The van der Waals surface area contributed by atoms with Gasteiger partial charge in [-0.25, -0.2) is 9.97 Å². The predicted molar refractivity (Wildman–Crippen MR) is 72.7 cm³/mol. The van der Waals surface area contributed by atoms with Crippen LogP contribution in [0, 0.1) is 0 Å². The van der Waals surface area contributed by atoms with Gasteiger partial charge in [0, 0.05) is 12.7 Å². The van der Waals surface area contributed by atoms with E-state index in [9.17, 15) is 0 Å². The molecule has 2 rings (SSSR count). The topological polar surface area (TPSA) is 55.0 Å². The van der Waals surface area contributed by atoms with Crippen LogP contribution in [0.15, 0.2) is 42.6 Å². The summed E-state index contributed by atoms with van der Waals surface area (Å²) in [7, 11) is 0. The molecule has 0 saturated carbocycles. The van der Waals surface area contributed by atoms with Crippen LogP contribution in [0.3, 0.4) is 0 Å². The summed E-state index contributed by atoms with van der Waals surface area (Å²) in [5.74, 6) is 1.29. The second-order valence-electron chi connectivity index (χ2n) is 4.19. The van der Waals surface area contributed by atoms with Crippen molar-refractivity contribution in [3.63, 3.8) is 0 Å². The molecule has 0 radical (unpaired) electrons. The van der Waals surface area contributed by atoms with Crippen LogP contribution in [0.5, 0.6) is 0 Å². The van der Waals surface area contributed by atoms with E-state index in [1.807, 2.05) is 6.07 Å². The molecule has 1 heterocycles. The van der Waals surface area contributed by atoms with E-state index in [2.05, 4.69) is 46.1 Å². The molecule has 0 aliphatic rings. The maximum atomic E-state index is 5.66. The van der Waals surface area contributed by atoms with Crippen molar-refractivity contribution in [1.29, 1.82) is 0 Å². The Hall–Kier alpha value is -1.94. The van der Waals surface area contributed by atoms with Crippen LogP contribution in [-0.4, -0.2) is 21.4 Å². The first kappa shape index (κ1) is 12.5. The van der Waals surface area contributed by atoms with Gasteiger partial charge < -0.3 is 5.73 Å². The number of nitrogen functional groups attached to an aromatic ring is 1. The minimum absolute atomic E-state index is 0.524. The molecule has 4 nitrogen and oxygen atoms in total. The maximum absolute atomic E-state index is 5.66. The molecular weight excluding hydrogens is 224 g/mol. The van der Waals surface area contributed by atoms with E-state index >= 15 is 0 Å². The van der Waals surface area contributed by atoms with Gasteiger partial charge in [0.15, 0.2) is 0 Å². The van der Waals surface area contributed by atoms with Crippen molar-refractivity contribution in [1.82, 2.24) is 14.9 Å². The lowest BCUT2D eigenvalue weighted by molar-refractivity contribution is 0.264. The molecule has 4 heteroatoms. The van der Waals surface area contributed by atoms with Gasteiger partial charge in [0.05, 0.1) is 6.54 Å². The fourth-order valence-electron chi connectivity index (χ4n) is 1.81. The summed E-state index contributed by atoms with van der Waals surface area (Å²) in [6.45, 7) is 4.70. The van der Waals surface area contributed by atoms with Crippen LogP contribution in [0.25, 0.3) is 0 Å². The smallest absolute Gasteiger partial charge is 0.144 e. The first-order valence-electron chi connectivity index (χ1n) is 6.11. The molecule has 0 bridgehead atoms. The summed E-state index contributed by atoms with van der Waals surface area (Å²) in [4.78, 5) is 10.7. The van der Waals surface area contributed by atoms with Gasteiger partial charge in [-0.2, -0.15) is 0 Å². The van der Waals surface area contributed by atoms with Crippen LogP contribution in [0.2, 0.25) is 0 Å². The lowest BCUT2D eigenvalue weighted by atomic mass is 10.2. The number of anilines is 1. The number of rotatable bonds is 5. The summed E-state index contributed by atoms with van der Waals surface area (Å²) >= 11 is 0. The van der Waals surface area contributed by atoms with Gasteiger partial charge in [-0.1, -0.05) is 37.3 Å². The van der Waals surface area contributed by atoms with E-state index < -0.39 is 0 Å². The standard InChI is InChI=1S/C14H18N4/c1-2-18(10-12-6-4-3-5-7-12)11-14-16-9-8-13(15)17-14/h3-9H,2,10-11H2,1H3,(H2,15,16,17). The molecule has 0 unspecified atom stereocenters. The second-order valence-corrected chi connectivity index (χ2v) is 4.19. The van der Waals surface area contributed by atoms with E-state index in [0.29, 0.717) is 5.82 Å². The quantitative estimate of drug-likeness (QED) is 0.872. The highest BCUT2D eigenvalue weighted by Gasteiger charge is 2.06. The molecule has 0 amide bonds. The molecule has 0 spiro atoms. The van der Waals surface area contributed by atoms with Crippen LogP contribution >= 0.6 is 0 Å². The van der Waals surface area contributed by atoms with Gasteiger partial charge in [-0.05, 0) is 18.2 Å². The normalized spacial score (nSPS) is 10.8. The van der Waals surface area contributed by atoms with Gasteiger partial charge >= 0.3 is 0 Å². The third kappa shape index (κ3) is 3.53. The van der Waals surface area contributed by atoms with Crippen molar-refractivity contribution < 1.29 is 0 Å². The zero-order valence-electron chi connectivity index (χ0n) is 10.6. The van der Waals surface area contributed by atoms with Crippen molar-refractivity contribution in [2.75, 3.05) is 12.3 Å². The number of hydrogen-bond acceptors (Lipinski definition) is 4. The molecule has 18 heavy (non-hydrogen) atoms. The van der Waals surface area contributed by atoms with Gasteiger partial charge in [0.2, 0.25) is 0 Å². The summed E-state index contributed by atoms with van der Waals surface area (Å²) in [5, 5.41) is 0. The molecule has 0 aliphatic carbocycles. The van der Waals surface area contributed by atoms with Gasteiger partial charge in [-0.15, -0.1) is 0 Å². The largest absolute Gasteiger partial charge is 0.384 e.